The van der Waals surface area contributed by atoms with E-state index in [-0.39, 0.29) is 36.7 Å². The van der Waals surface area contributed by atoms with Gasteiger partial charge < -0.3 is 10.2 Å². The van der Waals surface area contributed by atoms with Crippen molar-refractivity contribution in [3.63, 3.8) is 0 Å². The van der Waals surface area contributed by atoms with E-state index >= 15 is 4.39 Å². The molecule has 0 radical (unpaired) electrons. The van der Waals surface area contributed by atoms with E-state index in [0.29, 0.717) is 22.5 Å². The van der Waals surface area contributed by atoms with Crippen LogP contribution in [0.2, 0.25) is 0 Å². The quantitative estimate of drug-likeness (QED) is 0.231. The lowest BCUT2D eigenvalue weighted by molar-refractivity contribution is -0.141. The van der Waals surface area contributed by atoms with E-state index in [0.717, 1.165) is 27.7 Å². The number of fused-ring (bicyclic) bond motifs is 1. The Morgan fingerprint density at radius 3 is 2.82 bits per heavy atom. The Bertz CT molecular complexity index is 1570. The summed E-state index contributed by atoms with van der Waals surface area (Å²) in [6.45, 7) is 2.62. The first-order valence-electron chi connectivity index (χ1n) is 12.3. The molecular weight excluding hydrogens is 530 g/mol. The molecule has 0 saturated heterocycles. The van der Waals surface area contributed by atoms with E-state index in [1.54, 1.807) is 30.0 Å². The number of halogens is 4. The van der Waals surface area contributed by atoms with Gasteiger partial charge in [0.05, 0.1) is 12.2 Å². The summed E-state index contributed by atoms with van der Waals surface area (Å²) < 4.78 is 58.4. The number of rotatable bonds is 7. The van der Waals surface area contributed by atoms with Gasteiger partial charge in [0.2, 0.25) is 5.91 Å². The third kappa shape index (κ3) is 5.26. The number of hydrogen-bond acceptors (Lipinski definition) is 5. The Morgan fingerprint density at radius 1 is 1.36 bits per heavy atom. The predicted molar refractivity (Wildman–Crippen MR) is 138 cm³/mol. The molecule has 2 aromatic heterocycles. The molecular formula is C28H23F4N5OS. The Morgan fingerprint density at radius 2 is 2.15 bits per heavy atom. The molecule has 0 fully saturated rings. The first-order chi connectivity index (χ1) is 18.7. The van der Waals surface area contributed by atoms with Gasteiger partial charge >= 0.3 is 6.18 Å². The zero-order chi connectivity index (χ0) is 27.7. The molecule has 3 heterocycles. The van der Waals surface area contributed by atoms with Crippen molar-refractivity contribution in [3.8, 4) is 17.2 Å². The second kappa shape index (κ2) is 10.6. The van der Waals surface area contributed by atoms with Crippen molar-refractivity contribution in [1.29, 1.82) is 5.26 Å². The van der Waals surface area contributed by atoms with Gasteiger partial charge in [0.25, 0.3) is 0 Å². The molecule has 11 heteroatoms. The number of aryl methyl sites for hydroxylation is 1. The van der Waals surface area contributed by atoms with Crippen molar-refractivity contribution in [2.45, 2.75) is 38.5 Å². The summed E-state index contributed by atoms with van der Waals surface area (Å²) in [7, 11) is 0. The molecule has 1 aromatic carbocycles. The molecule has 5 rings (SSSR count). The monoisotopic (exact) mass is 553 g/mol. The van der Waals surface area contributed by atoms with Gasteiger partial charge in [-0.25, -0.2) is 4.39 Å². The molecule has 0 saturated carbocycles. The van der Waals surface area contributed by atoms with Crippen LogP contribution in [0.25, 0.3) is 11.1 Å². The number of hydrogen-bond donors (Lipinski definition) is 1. The maximum Gasteiger partial charge on any atom is 0.435 e. The van der Waals surface area contributed by atoms with Gasteiger partial charge in [0, 0.05) is 60.2 Å². The fourth-order valence-corrected chi connectivity index (χ4v) is 5.81. The normalized spacial score (nSPS) is 16.6. The standard InChI is InChI=1S/C28H23F4N5OS/c1-2-37-15-22(27(35-37)28(30,31)32)26-19(8-4-9-23(26)29)21-14-36(16-24-20(21)12-18(13-33)39-24)25(38)10-5-11-34-17-6-3-7-17/h3-5,8-10,12,15,21,34H,2,6,11,14,16H2,1H3/b10-5+/t21-/m0/s1. The summed E-state index contributed by atoms with van der Waals surface area (Å²) in [5.41, 5.74) is 3.23. The molecule has 0 unspecified atom stereocenters. The zero-order valence-corrected chi connectivity index (χ0v) is 21.7. The van der Waals surface area contributed by atoms with E-state index < -0.39 is 23.6 Å². The lowest BCUT2D eigenvalue weighted by Gasteiger charge is -2.33. The minimum absolute atomic E-state index is 0.110. The highest BCUT2D eigenvalue weighted by atomic mass is 32.1. The number of alkyl halides is 3. The van der Waals surface area contributed by atoms with Gasteiger partial charge in [-0.3, -0.25) is 9.48 Å². The highest BCUT2D eigenvalue weighted by Gasteiger charge is 2.40. The minimum atomic E-state index is -4.80. The van der Waals surface area contributed by atoms with Gasteiger partial charge in [0.1, 0.15) is 16.8 Å². The predicted octanol–water partition coefficient (Wildman–Crippen LogP) is 5.72. The van der Waals surface area contributed by atoms with Gasteiger partial charge in [-0.15, -0.1) is 17.1 Å². The smallest absolute Gasteiger partial charge is 0.378 e. The van der Waals surface area contributed by atoms with Crippen molar-refractivity contribution < 1.29 is 22.4 Å². The number of aromatic nitrogens is 2. The first-order valence-corrected chi connectivity index (χ1v) is 13.1. The molecule has 3 aromatic rings. The largest absolute Gasteiger partial charge is 0.435 e. The third-order valence-corrected chi connectivity index (χ3v) is 7.74. The van der Waals surface area contributed by atoms with Crippen LogP contribution in [0.15, 0.2) is 60.1 Å². The number of carbonyl (C=O) groups is 1. The second-order valence-electron chi connectivity index (χ2n) is 9.14. The van der Waals surface area contributed by atoms with Crippen LogP contribution in [0.5, 0.6) is 0 Å². The van der Waals surface area contributed by atoms with Gasteiger partial charge in [-0.2, -0.15) is 23.5 Å². The first kappa shape index (κ1) is 26.5. The molecule has 39 heavy (non-hydrogen) atoms. The Balaban J connectivity index is 1.55. The summed E-state index contributed by atoms with van der Waals surface area (Å²) in [4.78, 5) is 15.8. The van der Waals surface area contributed by atoms with Crippen LogP contribution >= 0.6 is 11.3 Å². The van der Waals surface area contributed by atoms with Crippen LogP contribution in [0.3, 0.4) is 0 Å². The molecule has 2 aliphatic rings. The van der Waals surface area contributed by atoms with Gasteiger partial charge in [-0.1, -0.05) is 18.2 Å². The van der Waals surface area contributed by atoms with Gasteiger partial charge in [0.15, 0.2) is 5.69 Å². The van der Waals surface area contributed by atoms with Crippen LogP contribution in [0.4, 0.5) is 17.6 Å². The van der Waals surface area contributed by atoms with E-state index in [4.69, 9.17) is 0 Å². The molecule has 1 N–H and O–H groups in total. The molecule has 1 atom stereocenters. The maximum absolute atomic E-state index is 15.4. The summed E-state index contributed by atoms with van der Waals surface area (Å²) in [6.07, 6.45) is 2.24. The fourth-order valence-electron chi connectivity index (χ4n) is 4.77. The van der Waals surface area contributed by atoms with E-state index in [9.17, 15) is 23.2 Å². The van der Waals surface area contributed by atoms with Crippen molar-refractivity contribution in [3.05, 3.63) is 92.5 Å². The summed E-state index contributed by atoms with van der Waals surface area (Å²) in [5.74, 6) is -1.76. The van der Waals surface area contributed by atoms with Crippen LogP contribution in [0, 0.1) is 17.1 Å². The molecule has 1 amide bonds. The molecule has 200 valence electrons. The van der Waals surface area contributed by atoms with Crippen LogP contribution in [-0.4, -0.2) is 33.7 Å². The minimum Gasteiger partial charge on any atom is -0.378 e. The lowest BCUT2D eigenvalue weighted by atomic mass is 9.83. The number of thiophene rings is 1. The average molecular weight is 554 g/mol. The number of amides is 1. The van der Waals surface area contributed by atoms with Gasteiger partial charge in [-0.05, 0) is 36.3 Å². The SMILES string of the molecule is CCn1cc(-c2c(F)cccc2[C@@H]2CN(C(=O)/C=C/CNC3=C=CC3)Cc3sc(C#N)cc32)c(C(F)(F)F)n1. The molecule has 0 spiro atoms. The third-order valence-electron chi connectivity index (χ3n) is 6.70. The zero-order valence-electron chi connectivity index (χ0n) is 20.8. The van der Waals surface area contributed by atoms with Crippen LogP contribution < -0.4 is 5.32 Å². The number of nitriles is 1. The summed E-state index contributed by atoms with van der Waals surface area (Å²) in [5, 5.41) is 16.3. The molecule has 0 bridgehead atoms. The summed E-state index contributed by atoms with van der Waals surface area (Å²) >= 11 is 1.22. The van der Waals surface area contributed by atoms with E-state index in [1.807, 2.05) is 6.08 Å². The number of carbonyl (C=O) groups excluding carboxylic acids is 1. The topological polar surface area (TPSA) is 74.0 Å². The number of nitrogens with one attached hydrogen (secondary N) is 1. The Kier molecular flexibility index (Phi) is 7.17. The lowest BCUT2D eigenvalue weighted by Crippen LogP contribution is -2.37. The number of benzene rings is 1. The van der Waals surface area contributed by atoms with Crippen molar-refractivity contribution in [2.75, 3.05) is 13.1 Å². The Hall–Kier alpha value is -4.13. The fraction of sp³-hybridized carbons (Fsp3) is 0.286. The van der Waals surface area contributed by atoms with E-state index in [2.05, 4.69) is 22.2 Å². The molecule has 1 aliphatic carbocycles. The Labute approximate surface area is 226 Å². The molecule has 1 aliphatic heterocycles. The van der Waals surface area contributed by atoms with Crippen molar-refractivity contribution in [2.24, 2.45) is 0 Å². The van der Waals surface area contributed by atoms with Crippen LogP contribution in [0.1, 0.15) is 45.8 Å². The average Bonchev–Trinajstić information content (AvgIpc) is 3.50. The highest BCUT2D eigenvalue weighted by molar-refractivity contribution is 7.12. The number of nitrogens with zero attached hydrogens (tertiary/aromatic N) is 4. The molecule has 6 nitrogen and oxygen atoms in total. The van der Waals surface area contributed by atoms with E-state index in [1.165, 1.54) is 29.7 Å². The second-order valence-corrected chi connectivity index (χ2v) is 10.3. The summed E-state index contributed by atoms with van der Waals surface area (Å²) in [6, 6.07) is 7.93. The maximum atomic E-state index is 15.4. The van der Waals surface area contributed by atoms with Crippen molar-refractivity contribution >= 4 is 17.2 Å². The van der Waals surface area contributed by atoms with Crippen LogP contribution in [-0.2, 0) is 24.1 Å². The van der Waals surface area contributed by atoms with Crippen molar-refractivity contribution in [1.82, 2.24) is 20.0 Å². The highest BCUT2D eigenvalue weighted by Crippen LogP contribution is 2.45.